The molecule has 2 N–H and O–H groups in total. The average molecular weight is 227 g/mol. The van der Waals surface area contributed by atoms with E-state index in [4.69, 9.17) is 17.3 Å². The SMILES string of the molecule is CCC(N)Cc1c(Cl)cccc1N(C)C. The first kappa shape index (κ1) is 12.3. The first-order valence-corrected chi connectivity index (χ1v) is 5.64. The minimum absolute atomic E-state index is 0.184. The van der Waals surface area contributed by atoms with E-state index in [1.807, 2.05) is 26.2 Å². The maximum atomic E-state index is 6.19. The van der Waals surface area contributed by atoms with Crippen molar-refractivity contribution >= 4 is 17.3 Å². The van der Waals surface area contributed by atoms with Crippen molar-refractivity contribution in [3.8, 4) is 0 Å². The van der Waals surface area contributed by atoms with Crippen molar-refractivity contribution in [1.82, 2.24) is 0 Å². The molecule has 0 radical (unpaired) electrons. The quantitative estimate of drug-likeness (QED) is 0.856. The van der Waals surface area contributed by atoms with Gasteiger partial charge in [0, 0.05) is 30.8 Å². The number of anilines is 1. The molecule has 0 spiro atoms. The van der Waals surface area contributed by atoms with Gasteiger partial charge in [-0.25, -0.2) is 0 Å². The molecule has 0 saturated heterocycles. The van der Waals surface area contributed by atoms with E-state index in [1.165, 1.54) is 0 Å². The zero-order valence-electron chi connectivity index (χ0n) is 9.63. The van der Waals surface area contributed by atoms with Crippen LogP contribution in [0.5, 0.6) is 0 Å². The van der Waals surface area contributed by atoms with Crippen LogP contribution in [0, 0.1) is 0 Å². The lowest BCUT2D eigenvalue weighted by Gasteiger charge is -2.20. The van der Waals surface area contributed by atoms with Crippen molar-refractivity contribution in [3.63, 3.8) is 0 Å². The van der Waals surface area contributed by atoms with Crippen molar-refractivity contribution in [2.75, 3.05) is 19.0 Å². The van der Waals surface area contributed by atoms with Gasteiger partial charge in [0.1, 0.15) is 0 Å². The molecule has 0 amide bonds. The minimum atomic E-state index is 0.184. The lowest BCUT2D eigenvalue weighted by Crippen LogP contribution is -2.23. The van der Waals surface area contributed by atoms with Crippen LogP contribution in [-0.2, 0) is 6.42 Å². The van der Waals surface area contributed by atoms with Crippen LogP contribution in [0.3, 0.4) is 0 Å². The van der Waals surface area contributed by atoms with Gasteiger partial charge < -0.3 is 10.6 Å². The van der Waals surface area contributed by atoms with Gasteiger partial charge in [-0.2, -0.15) is 0 Å². The molecular weight excluding hydrogens is 208 g/mol. The molecule has 1 aromatic rings. The van der Waals surface area contributed by atoms with Gasteiger partial charge in [0.25, 0.3) is 0 Å². The minimum Gasteiger partial charge on any atom is -0.377 e. The molecule has 0 aromatic heterocycles. The number of nitrogens with zero attached hydrogens (tertiary/aromatic N) is 1. The highest BCUT2D eigenvalue weighted by atomic mass is 35.5. The van der Waals surface area contributed by atoms with E-state index in [-0.39, 0.29) is 6.04 Å². The lowest BCUT2D eigenvalue weighted by molar-refractivity contribution is 0.646. The highest BCUT2D eigenvalue weighted by molar-refractivity contribution is 6.31. The molecule has 0 aliphatic heterocycles. The van der Waals surface area contributed by atoms with Crippen LogP contribution in [0.15, 0.2) is 18.2 Å². The Bertz CT molecular complexity index is 323. The van der Waals surface area contributed by atoms with Crippen molar-refractivity contribution in [3.05, 3.63) is 28.8 Å². The molecule has 1 rings (SSSR count). The predicted molar refractivity (Wildman–Crippen MR) is 67.7 cm³/mol. The van der Waals surface area contributed by atoms with E-state index in [9.17, 15) is 0 Å². The van der Waals surface area contributed by atoms with Crippen LogP contribution < -0.4 is 10.6 Å². The Hall–Kier alpha value is -0.730. The third-order valence-corrected chi connectivity index (χ3v) is 2.92. The molecule has 15 heavy (non-hydrogen) atoms. The highest BCUT2D eigenvalue weighted by Gasteiger charge is 2.11. The molecule has 0 bridgehead atoms. The van der Waals surface area contributed by atoms with Gasteiger partial charge >= 0.3 is 0 Å². The summed E-state index contributed by atoms with van der Waals surface area (Å²) >= 11 is 6.19. The van der Waals surface area contributed by atoms with E-state index in [2.05, 4.69) is 17.9 Å². The van der Waals surface area contributed by atoms with E-state index < -0.39 is 0 Å². The summed E-state index contributed by atoms with van der Waals surface area (Å²) in [5.41, 5.74) is 8.28. The molecule has 1 unspecified atom stereocenters. The second-order valence-corrected chi connectivity index (χ2v) is 4.41. The van der Waals surface area contributed by atoms with Crippen molar-refractivity contribution in [2.45, 2.75) is 25.8 Å². The number of nitrogens with two attached hydrogens (primary N) is 1. The summed E-state index contributed by atoms with van der Waals surface area (Å²) in [6.45, 7) is 2.09. The summed E-state index contributed by atoms with van der Waals surface area (Å²) in [7, 11) is 4.04. The van der Waals surface area contributed by atoms with E-state index in [0.29, 0.717) is 0 Å². The van der Waals surface area contributed by atoms with Crippen molar-refractivity contribution < 1.29 is 0 Å². The Morgan fingerprint density at radius 3 is 2.60 bits per heavy atom. The Morgan fingerprint density at radius 1 is 1.40 bits per heavy atom. The zero-order valence-corrected chi connectivity index (χ0v) is 10.4. The number of rotatable bonds is 4. The molecule has 0 heterocycles. The summed E-state index contributed by atoms with van der Waals surface area (Å²) in [6, 6.07) is 6.15. The van der Waals surface area contributed by atoms with Gasteiger partial charge in [-0.05, 0) is 30.5 Å². The Kier molecular flexibility index (Phi) is 4.43. The molecule has 3 heteroatoms. The summed E-state index contributed by atoms with van der Waals surface area (Å²) in [5, 5.41) is 0.810. The molecule has 1 atom stereocenters. The Morgan fingerprint density at radius 2 is 2.07 bits per heavy atom. The predicted octanol–water partition coefficient (Wildman–Crippen LogP) is 2.69. The molecule has 84 valence electrons. The monoisotopic (exact) mass is 226 g/mol. The summed E-state index contributed by atoms with van der Waals surface area (Å²) in [6.07, 6.45) is 1.81. The first-order valence-electron chi connectivity index (χ1n) is 5.26. The van der Waals surface area contributed by atoms with Crippen LogP contribution in [0.1, 0.15) is 18.9 Å². The summed E-state index contributed by atoms with van der Waals surface area (Å²) in [5.74, 6) is 0. The molecule has 0 aliphatic rings. The molecule has 1 aromatic carbocycles. The molecule has 0 saturated carbocycles. The van der Waals surface area contributed by atoms with Gasteiger partial charge in [-0.3, -0.25) is 0 Å². The lowest BCUT2D eigenvalue weighted by atomic mass is 10.0. The number of benzene rings is 1. The fourth-order valence-electron chi connectivity index (χ4n) is 1.57. The van der Waals surface area contributed by atoms with Gasteiger partial charge in [0.2, 0.25) is 0 Å². The standard InChI is InChI=1S/C12H19ClN2/c1-4-9(14)8-10-11(13)6-5-7-12(10)15(2)3/h5-7,9H,4,8,14H2,1-3H3. The average Bonchev–Trinajstić information content (AvgIpc) is 2.20. The van der Waals surface area contributed by atoms with Crippen LogP contribution in [0.2, 0.25) is 5.02 Å². The first-order chi connectivity index (χ1) is 7.06. The Balaban J connectivity index is 3.02. The van der Waals surface area contributed by atoms with Crippen LogP contribution in [0.4, 0.5) is 5.69 Å². The summed E-state index contributed by atoms with van der Waals surface area (Å²) < 4.78 is 0. The fraction of sp³-hybridized carbons (Fsp3) is 0.500. The van der Waals surface area contributed by atoms with Crippen LogP contribution >= 0.6 is 11.6 Å². The van der Waals surface area contributed by atoms with Gasteiger partial charge in [0.15, 0.2) is 0 Å². The molecule has 0 fully saturated rings. The topological polar surface area (TPSA) is 29.3 Å². The smallest absolute Gasteiger partial charge is 0.0459 e. The Labute approximate surface area is 97.0 Å². The normalized spacial score (nSPS) is 12.6. The zero-order chi connectivity index (χ0) is 11.4. The van der Waals surface area contributed by atoms with Crippen molar-refractivity contribution in [1.29, 1.82) is 0 Å². The second-order valence-electron chi connectivity index (χ2n) is 4.00. The summed E-state index contributed by atoms with van der Waals surface area (Å²) in [4.78, 5) is 2.07. The molecule has 2 nitrogen and oxygen atoms in total. The van der Waals surface area contributed by atoms with Gasteiger partial charge in [0.05, 0.1) is 0 Å². The van der Waals surface area contributed by atoms with Gasteiger partial charge in [-0.1, -0.05) is 24.6 Å². The molecule has 0 aliphatic carbocycles. The third kappa shape index (κ3) is 3.11. The second kappa shape index (κ2) is 5.38. The maximum absolute atomic E-state index is 6.19. The van der Waals surface area contributed by atoms with E-state index in [1.54, 1.807) is 0 Å². The van der Waals surface area contributed by atoms with Crippen molar-refractivity contribution in [2.24, 2.45) is 5.73 Å². The largest absolute Gasteiger partial charge is 0.377 e. The number of hydrogen-bond donors (Lipinski definition) is 1. The number of hydrogen-bond acceptors (Lipinski definition) is 2. The van der Waals surface area contributed by atoms with E-state index in [0.717, 1.165) is 29.1 Å². The third-order valence-electron chi connectivity index (χ3n) is 2.57. The fourth-order valence-corrected chi connectivity index (χ4v) is 1.82. The van der Waals surface area contributed by atoms with Crippen LogP contribution in [0.25, 0.3) is 0 Å². The number of halogens is 1. The van der Waals surface area contributed by atoms with Gasteiger partial charge in [-0.15, -0.1) is 0 Å². The maximum Gasteiger partial charge on any atom is 0.0459 e. The van der Waals surface area contributed by atoms with E-state index >= 15 is 0 Å². The van der Waals surface area contributed by atoms with Crippen LogP contribution in [-0.4, -0.2) is 20.1 Å². The highest BCUT2D eigenvalue weighted by Crippen LogP contribution is 2.27. The molecular formula is C12H19ClN2.